The van der Waals surface area contributed by atoms with Gasteiger partial charge in [-0.3, -0.25) is 9.59 Å². The number of hydrogen-bond donors (Lipinski definition) is 1. The van der Waals surface area contributed by atoms with Crippen molar-refractivity contribution in [1.82, 2.24) is 10.2 Å². The van der Waals surface area contributed by atoms with Crippen molar-refractivity contribution in [2.75, 3.05) is 0 Å². The number of amides is 2. The second kappa shape index (κ2) is 10.4. The summed E-state index contributed by atoms with van der Waals surface area (Å²) < 4.78 is 0. The summed E-state index contributed by atoms with van der Waals surface area (Å²) in [4.78, 5) is 28.0. The molecule has 2 aromatic carbocycles. The van der Waals surface area contributed by atoms with Gasteiger partial charge in [0.15, 0.2) is 0 Å². The number of hydrogen-bond acceptors (Lipinski definition) is 2. The molecule has 0 saturated heterocycles. The average molecular weight is 415 g/mol. The van der Waals surface area contributed by atoms with Crippen molar-refractivity contribution in [3.63, 3.8) is 0 Å². The van der Waals surface area contributed by atoms with Crippen LogP contribution >= 0.6 is 11.6 Å². The van der Waals surface area contributed by atoms with Crippen molar-refractivity contribution < 1.29 is 9.59 Å². The lowest BCUT2D eigenvalue weighted by molar-refractivity contribution is -0.142. The van der Waals surface area contributed by atoms with Crippen molar-refractivity contribution in [2.45, 2.75) is 65.1 Å². The molecule has 2 aromatic rings. The largest absolute Gasteiger partial charge is 0.350 e. The first-order valence-corrected chi connectivity index (χ1v) is 10.5. The van der Waals surface area contributed by atoms with Gasteiger partial charge in [-0.2, -0.15) is 0 Å². The molecule has 1 atom stereocenters. The van der Waals surface area contributed by atoms with Gasteiger partial charge in [0.2, 0.25) is 11.8 Å². The first kappa shape index (κ1) is 23.0. The Hall–Kier alpha value is -2.33. The van der Waals surface area contributed by atoms with Gasteiger partial charge in [0.05, 0.1) is 0 Å². The van der Waals surface area contributed by atoms with Crippen molar-refractivity contribution in [1.29, 1.82) is 0 Å². The Balaban J connectivity index is 2.41. The number of carbonyl (C=O) groups is 2. The third-order valence-corrected chi connectivity index (χ3v) is 4.90. The Labute approximate surface area is 179 Å². The van der Waals surface area contributed by atoms with E-state index in [1.807, 2.05) is 76.2 Å². The maximum atomic E-state index is 13.3. The van der Waals surface area contributed by atoms with Gasteiger partial charge in [-0.15, -0.1) is 0 Å². The minimum Gasteiger partial charge on any atom is -0.350 e. The summed E-state index contributed by atoms with van der Waals surface area (Å²) in [7, 11) is 0. The lowest BCUT2D eigenvalue weighted by Gasteiger charge is -2.34. The molecule has 4 nitrogen and oxygen atoms in total. The zero-order valence-corrected chi connectivity index (χ0v) is 18.5. The predicted octanol–water partition coefficient (Wildman–Crippen LogP) is 4.99. The van der Waals surface area contributed by atoms with E-state index < -0.39 is 11.6 Å². The molecule has 0 aliphatic heterocycles. The zero-order valence-electron chi connectivity index (χ0n) is 17.7. The van der Waals surface area contributed by atoms with Gasteiger partial charge in [0.25, 0.3) is 0 Å². The molecule has 2 rings (SSSR count). The summed E-state index contributed by atoms with van der Waals surface area (Å²) in [6.45, 7) is 8.09. The van der Waals surface area contributed by atoms with Gasteiger partial charge in [0, 0.05) is 29.9 Å². The van der Waals surface area contributed by atoms with Crippen LogP contribution in [-0.4, -0.2) is 28.3 Å². The number of benzene rings is 2. The number of nitrogens with zero attached hydrogens (tertiary/aromatic N) is 1. The Morgan fingerprint density at radius 3 is 2.24 bits per heavy atom. The van der Waals surface area contributed by atoms with E-state index in [0.717, 1.165) is 17.5 Å². The van der Waals surface area contributed by atoms with Gasteiger partial charge < -0.3 is 10.2 Å². The Kier molecular flexibility index (Phi) is 8.27. The zero-order chi connectivity index (χ0) is 21.4. The molecule has 1 N–H and O–H groups in total. The molecule has 0 unspecified atom stereocenters. The maximum Gasteiger partial charge on any atom is 0.243 e. The predicted molar refractivity (Wildman–Crippen MR) is 119 cm³/mol. The minimum absolute atomic E-state index is 0.0441. The summed E-state index contributed by atoms with van der Waals surface area (Å²) in [5.74, 6) is -0.199. The van der Waals surface area contributed by atoms with Crippen LogP contribution in [0.25, 0.3) is 0 Å². The molecule has 0 heterocycles. The number of carbonyl (C=O) groups excluding carboxylic acids is 2. The minimum atomic E-state index is -0.619. The van der Waals surface area contributed by atoms with Gasteiger partial charge in [0.1, 0.15) is 6.04 Å². The van der Waals surface area contributed by atoms with Gasteiger partial charge in [-0.05, 0) is 44.4 Å². The molecule has 2 amide bonds. The van der Waals surface area contributed by atoms with Crippen LogP contribution in [0.4, 0.5) is 0 Å². The summed E-state index contributed by atoms with van der Waals surface area (Å²) >= 11 is 6.36. The highest BCUT2D eigenvalue weighted by molar-refractivity contribution is 6.31. The lowest BCUT2D eigenvalue weighted by Crippen LogP contribution is -2.54. The molecule has 0 saturated carbocycles. The van der Waals surface area contributed by atoms with Crippen molar-refractivity contribution in [3.8, 4) is 0 Å². The molecule has 0 radical (unpaired) electrons. The summed E-state index contributed by atoms with van der Waals surface area (Å²) in [5, 5.41) is 3.65. The van der Waals surface area contributed by atoms with Crippen LogP contribution in [0.15, 0.2) is 54.6 Å². The van der Waals surface area contributed by atoms with E-state index in [1.54, 1.807) is 11.0 Å². The molecule has 5 heteroatoms. The van der Waals surface area contributed by atoms with E-state index in [4.69, 9.17) is 11.6 Å². The second-order valence-corrected chi connectivity index (χ2v) is 8.72. The smallest absolute Gasteiger partial charge is 0.243 e. The molecular formula is C24H31ClN2O2. The number of halogens is 1. The third-order valence-electron chi connectivity index (χ3n) is 4.53. The average Bonchev–Trinajstić information content (AvgIpc) is 2.65. The van der Waals surface area contributed by atoms with Crippen LogP contribution in [-0.2, 0) is 22.6 Å². The second-order valence-electron chi connectivity index (χ2n) is 8.31. The van der Waals surface area contributed by atoms with E-state index in [-0.39, 0.29) is 11.8 Å². The SMILES string of the molecule is CCCC(=O)N(Cc1ccccc1Cl)[C@H](Cc1ccccc1)C(=O)NC(C)(C)C. The quantitative estimate of drug-likeness (QED) is 0.661. The van der Waals surface area contributed by atoms with Crippen molar-refractivity contribution in [3.05, 3.63) is 70.7 Å². The van der Waals surface area contributed by atoms with Crippen molar-refractivity contribution >= 4 is 23.4 Å². The summed E-state index contributed by atoms with van der Waals surface area (Å²) in [5.41, 5.74) is 1.45. The normalized spacial score (nSPS) is 12.3. The standard InChI is InChI=1S/C24H31ClN2O2/c1-5-11-22(28)27(17-19-14-9-10-15-20(19)25)21(23(29)26-24(2,3)4)16-18-12-7-6-8-13-18/h6-10,12-15,21H,5,11,16-17H2,1-4H3,(H,26,29)/t21-/m1/s1. The van der Waals surface area contributed by atoms with Gasteiger partial charge in [-0.25, -0.2) is 0 Å². The molecule has 0 spiro atoms. The topological polar surface area (TPSA) is 49.4 Å². The summed E-state index contributed by atoms with van der Waals surface area (Å²) in [6, 6.07) is 16.6. The van der Waals surface area contributed by atoms with Crippen LogP contribution < -0.4 is 5.32 Å². The van der Waals surface area contributed by atoms with Crippen LogP contribution in [0.2, 0.25) is 5.02 Å². The molecule has 0 aliphatic rings. The van der Waals surface area contributed by atoms with Crippen LogP contribution in [0.3, 0.4) is 0 Å². The highest BCUT2D eigenvalue weighted by atomic mass is 35.5. The Morgan fingerprint density at radius 1 is 1.03 bits per heavy atom. The van der Waals surface area contributed by atoms with E-state index in [0.29, 0.717) is 24.4 Å². The molecule has 0 bridgehead atoms. The number of nitrogens with one attached hydrogen (secondary N) is 1. The monoisotopic (exact) mass is 414 g/mol. The van der Waals surface area contributed by atoms with E-state index in [1.165, 1.54) is 0 Å². The molecule has 0 fully saturated rings. The first-order valence-electron chi connectivity index (χ1n) is 10.1. The Morgan fingerprint density at radius 2 is 1.66 bits per heavy atom. The first-order chi connectivity index (χ1) is 13.7. The van der Waals surface area contributed by atoms with Crippen LogP contribution in [0.1, 0.15) is 51.7 Å². The molecule has 0 aromatic heterocycles. The highest BCUT2D eigenvalue weighted by Crippen LogP contribution is 2.21. The fourth-order valence-corrected chi connectivity index (χ4v) is 3.37. The highest BCUT2D eigenvalue weighted by Gasteiger charge is 2.32. The molecule has 29 heavy (non-hydrogen) atoms. The molecular weight excluding hydrogens is 384 g/mol. The van der Waals surface area contributed by atoms with Gasteiger partial charge >= 0.3 is 0 Å². The Bertz CT molecular complexity index is 815. The van der Waals surface area contributed by atoms with Crippen LogP contribution in [0.5, 0.6) is 0 Å². The molecule has 0 aliphatic carbocycles. The molecule has 156 valence electrons. The van der Waals surface area contributed by atoms with E-state index >= 15 is 0 Å². The fourth-order valence-electron chi connectivity index (χ4n) is 3.17. The third kappa shape index (κ3) is 7.21. The maximum absolute atomic E-state index is 13.3. The fraction of sp³-hybridized carbons (Fsp3) is 0.417. The number of rotatable bonds is 8. The van der Waals surface area contributed by atoms with E-state index in [9.17, 15) is 9.59 Å². The van der Waals surface area contributed by atoms with Crippen molar-refractivity contribution in [2.24, 2.45) is 0 Å². The van der Waals surface area contributed by atoms with E-state index in [2.05, 4.69) is 5.32 Å². The van der Waals surface area contributed by atoms with Gasteiger partial charge in [-0.1, -0.05) is 67.1 Å². The summed E-state index contributed by atoms with van der Waals surface area (Å²) in [6.07, 6.45) is 1.55. The lowest BCUT2D eigenvalue weighted by atomic mass is 10.00. The van der Waals surface area contributed by atoms with Crippen LogP contribution in [0, 0.1) is 0 Å².